The average molecular weight is 390 g/mol. The van der Waals surface area contributed by atoms with Crippen molar-refractivity contribution >= 4 is 39.8 Å². The molecular formula is C17H16BrN3O3. The van der Waals surface area contributed by atoms with Gasteiger partial charge in [-0.2, -0.15) is 5.43 Å². The molecule has 2 rings (SSSR count). The summed E-state index contributed by atoms with van der Waals surface area (Å²) in [7, 11) is 1.27. The quantitative estimate of drug-likeness (QED) is 0.278. The van der Waals surface area contributed by atoms with Crippen LogP contribution in [0, 0.1) is 0 Å². The minimum atomic E-state index is -0.589. The van der Waals surface area contributed by atoms with Crippen molar-refractivity contribution in [3.8, 4) is 0 Å². The Kier molecular flexibility index (Phi) is 6.51. The summed E-state index contributed by atoms with van der Waals surface area (Å²) >= 11 is 3.32. The van der Waals surface area contributed by atoms with Gasteiger partial charge in [0.2, 0.25) is 0 Å². The highest BCUT2D eigenvalue weighted by Crippen LogP contribution is 2.16. The molecule has 0 atom stereocenters. The second-order valence-corrected chi connectivity index (χ2v) is 5.69. The highest BCUT2D eigenvalue weighted by Gasteiger charge is 2.10. The maximum absolute atomic E-state index is 12.1. The molecule has 124 valence electrons. The second kappa shape index (κ2) is 8.83. The first-order chi connectivity index (χ1) is 11.6. The van der Waals surface area contributed by atoms with Gasteiger partial charge in [-0.25, -0.2) is 9.79 Å². The van der Waals surface area contributed by atoms with E-state index in [-0.39, 0.29) is 0 Å². The van der Waals surface area contributed by atoms with E-state index in [0.717, 1.165) is 10.0 Å². The van der Waals surface area contributed by atoms with E-state index in [2.05, 4.69) is 31.1 Å². The molecule has 7 heteroatoms. The third kappa shape index (κ3) is 5.85. The summed E-state index contributed by atoms with van der Waals surface area (Å²) in [5.74, 6) is -0.574. The van der Waals surface area contributed by atoms with Crippen LogP contribution in [-0.4, -0.2) is 30.0 Å². The van der Waals surface area contributed by atoms with E-state index >= 15 is 0 Å². The van der Waals surface area contributed by atoms with Crippen molar-refractivity contribution < 1.29 is 19.3 Å². The Morgan fingerprint density at radius 3 is 2.54 bits per heavy atom. The van der Waals surface area contributed by atoms with Crippen molar-refractivity contribution in [2.75, 3.05) is 7.11 Å². The average Bonchev–Trinajstić information content (AvgIpc) is 2.57. The third-order valence-corrected chi connectivity index (χ3v) is 3.48. The number of nitrogens with one attached hydrogen (secondary N) is 1. The first kappa shape index (κ1) is 17.7. The van der Waals surface area contributed by atoms with E-state index < -0.39 is 12.0 Å². The Morgan fingerprint density at radius 2 is 1.92 bits per heavy atom. The predicted molar refractivity (Wildman–Crippen MR) is 92.9 cm³/mol. The number of amidine groups is 1. The fraction of sp³-hybridized carbons (Fsp3) is 0.118. The number of ether oxygens (including phenoxy) is 1. The maximum Gasteiger partial charge on any atom is 0.397 e. The maximum atomic E-state index is 12.1. The number of esters is 1. The van der Waals surface area contributed by atoms with Crippen LogP contribution in [0.25, 0.3) is 0 Å². The molecule has 0 radical (unpaired) electrons. The highest BCUT2D eigenvalue weighted by atomic mass is 79.9. The summed E-state index contributed by atoms with van der Waals surface area (Å²) < 4.78 is 6.84. The van der Waals surface area contributed by atoms with E-state index in [4.69, 9.17) is 0 Å². The molecule has 0 aliphatic rings. The molecule has 0 amide bonds. The normalized spacial score (nSPS) is 11.9. The molecule has 2 aromatic rings. The topological polar surface area (TPSA) is 76.8 Å². The SMILES string of the molecule is COC(=O)/C=[N+](\Cc1ccccc1)NC([O-])=Nc1ccc(Br)cc1. The standard InChI is InChI=1S/C17H16BrN3O3/c1-24-16(22)12-21(11-13-5-3-2-4-6-13)20-17(23)19-15-9-7-14(18)8-10-15/h2-10,12H,11H2,1H3,(H-,19,20,22,23). The number of benzene rings is 2. The molecule has 0 spiro atoms. The number of aliphatic imine (C=N–C) groups is 1. The van der Waals surface area contributed by atoms with Gasteiger partial charge in [0.25, 0.3) is 6.21 Å². The Balaban J connectivity index is 2.16. The largest absolute Gasteiger partial charge is 0.842 e. The van der Waals surface area contributed by atoms with Gasteiger partial charge in [-0.15, -0.1) is 4.68 Å². The van der Waals surface area contributed by atoms with Crippen LogP contribution in [0.5, 0.6) is 0 Å². The van der Waals surface area contributed by atoms with E-state index in [9.17, 15) is 9.90 Å². The molecule has 0 aliphatic heterocycles. The van der Waals surface area contributed by atoms with Gasteiger partial charge in [0.05, 0.1) is 12.8 Å². The molecule has 2 aromatic carbocycles. The lowest BCUT2D eigenvalue weighted by Gasteiger charge is -2.11. The molecule has 0 unspecified atom stereocenters. The van der Waals surface area contributed by atoms with Crippen LogP contribution in [-0.2, 0) is 16.1 Å². The Bertz CT molecular complexity index is 743. The minimum Gasteiger partial charge on any atom is -0.842 e. The molecule has 0 aliphatic carbocycles. The summed E-state index contributed by atoms with van der Waals surface area (Å²) in [5.41, 5.74) is 3.98. The van der Waals surface area contributed by atoms with Crippen LogP contribution in [0.1, 0.15) is 5.56 Å². The minimum absolute atomic E-state index is 0.303. The van der Waals surface area contributed by atoms with Gasteiger partial charge in [-0.3, -0.25) is 0 Å². The number of hydrazine groups is 1. The Morgan fingerprint density at radius 1 is 1.25 bits per heavy atom. The van der Waals surface area contributed by atoms with Gasteiger partial charge in [-0.1, -0.05) is 46.3 Å². The number of halogens is 1. The van der Waals surface area contributed by atoms with Crippen LogP contribution < -0.4 is 10.5 Å². The number of hydrazone groups is 1. The molecule has 0 bridgehead atoms. The van der Waals surface area contributed by atoms with Gasteiger partial charge in [-0.05, 0) is 24.3 Å². The first-order valence-electron chi connectivity index (χ1n) is 7.08. The van der Waals surface area contributed by atoms with E-state index in [1.54, 1.807) is 24.3 Å². The van der Waals surface area contributed by atoms with Crippen LogP contribution in [0.15, 0.2) is 64.1 Å². The molecule has 0 fully saturated rings. The molecule has 0 aromatic heterocycles. The summed E-state index contributed by atoms with van der Waals surface area (Å²) in [6, 6.07) is 15.8. The number of hydrogen-bond donors (Lipinski definition) is 1. The second-order valence-electron chi connectivity index (χ2n) is 4.77. The molecule has 6 nitrogen and oxygen atoms in total. The summed E-state index contributed by atoms with van der Waals surface area (Å²) in [4.78, 5) is 15.4. The van der Waals surface area contributed by atoms with Crippen molar-refractivity contribution in [1.82, 2.24) is 5.43 Å². The predicted octanol–water partition coefficient (Wildman–Crippen LogP) is 1.76. The summed E-state index contributed by atoms with van der Waals surface area (Å²) in [6.45, 7) is 0.303. The van der Waals surface area contributed by atoms with E-state index in [0.29, 0.717) is 12.2 Å². The smallest absolute Gasteiger partial charge is 0.397 e. The Hall–Kier alpha value is -2.67. The zero-order valence-electron chi connectivity index (χ0n) is 13.0. The summed E-state index contributed by atoms with van der Waals surface area (Å²) in [6.07, 6.45) is 1.17. The van der Waals surface area contributed by atoms with E-state index in [1.165, 1.54) is 18.0 Å². The van der Waals surface area contributed by atoms with Gasteiger partial charge in [0, 0.05) is 10.0 Å². The lowest BCUT2D eigenvalue weighted by Crippen LogP contribution is -2.43. The van der Waals surface area contributed by atoms with Gasteiger partial charge in [0.1, 0.15) is 6.02 Å². The number of methoxy groups -OCH3 is 1. The van der Waals surface area contributed by atoms with Crippen LogP contribution in [0.2, 0.25) is 0 Å². The van der Waals surface area contributed by atoms with Gasteiger partial charge < -0.3 is 9.84 Å². The first-order valence-corrected chi connectivity index (χ1v) is 7.87. The molecule has 24 heavy (non-hydrogen) atoms. The van der Waals surface area contributed by atoms with Gasteiger partial charge in [0.15, 0.2) is 6.54 Å². The third-order valence-electron chi connectivity index (χ3n) is 2.95. The molecule has 0 saturated heterocycles. The lowest BCUT2D eigenvalue weighted by atomic mass is 10.2. The van der Waals surface area contributed by atoms with Crippen LogP contribution >= 0.6 is 15.9 Å². The fourth-order valence-electron chi connectivity index (χ4n) is 1.86. The molecule has 1 N–H and O–H groups in total. The van der Waals surface area contributed by atoms with Crippen molar-refractivity contribution in [3.63, 3.8) is 0 Å². The molecule has 0 heterocycles. The zero-order chi connectivity index (χ0) is 17.4. The van der Waals surface area contributed by atoms with Crippen molar-refractivity contribution in [1.29, 1.82) is 0 Å². The number of rotatable bonds is 5. The molecule has 0 saturated carbocycles. The number of carbonyl (C=O) groups is 1. The zero-order valence-corrected chi connectivity index (χ0v) is 14.6. The highest BCUT2D eigenvalue weighted by molar-refractivity contribution is 9.10. The lowest BCUT2D eigenvalue weighted by molar-refractivity contribution is -0.589. The van der Waals surface area contributed by atoms with Crippen molar-refractivity contribution in [2.24, 2.45) is 4.99 Å². The number of carbonyl (C=O) groups excluding carboxylic acids is 1. The summed E-state index contributed by atoms with van der Waals surface area (Å²) in [5, 5.41) is 12.1. The Labute approximate surface area is 148 Å². The van der Waals surface area contributed by atoms with E-state index in [1.807, 2.05) is 30.3 Å². The van der Waals surface area contributed by atoms with Gasteiger partial charge >= 0.3 is 5.97 Å². The number of nitrogens with zero attached hydrogens (tertiary/aromatic N) is 2. The van der Waals surface area contributed by atoms with Crippen LogP contribution in [0.3, 0.4) is 0 Å². The van der Waals surface area contributed by atoms with Crippen molar-refractivity contribution in [2.45, 2.75) is 6.54 Å². The fourth-order valence-corrected chi connectivity index (χ4v) is 2.12. The monoisotopic (exact) mass is 389 g/mol. The number of hydrogen-bond acceptors (Lipinski definition) is 4. The van der Waals surface area contributed by atoms with Crippen molar-refractivity contribution in [3.05, 3.63) is 64.6 Å². The molecular weight excluding hydrogens is 374 g/mol. The van der Waals surface area contributed by atoms with Crippen LogP contribution in [0.4, 0.5) is 5.69 Å².